The van der Waals surface area contributed by atoms with Gasteiger partial charge in [0, 0.05) is 4.88 Å². The molecule has 1 aromatic carbocycles. The molecule has 0 radical (unpaired) electrons. The number of aromatic carboxylic acids is 1. The van der Waals surface area contributed by atoms with E-state index in [1.54, 1.807) is 0 Å². The van der Waals surface area contributed by atoms with E-state index >= 15 is 0 Å². The molecular weight excluding hydrogens is 364 g/mol. The van der Waals surface area contributed by atoms with Crippen LogP contribution < -0.4 is 4.72 Å². The number of anilines is 1. The Morgan fingerprint density at radius 3 is 2.48 bits per heavy atom. The highest BCUT2D eigenvalue weighted by molar-refractivity contribution is 7.92. The van der Waals surface area contributed by atoms with Crippen molar-refractivity contribution in [1.82, 2.24) is 5.16 Å². The summed E-state index contributed by atoms with van der Waals surface area (Å²) >= 11 is 1.00. The number of aryl methyl sites for hydroxylation is 2. The minimum Gasteiger partial charge on any atom is -0.477 e. The van der Waals surface area contributed by atoms with Crippen LogP contribution in [0.2, 0.25) is 0 Å². The topological polar surface area (TPSA) is 110 Å². The molecule has 0 unspecified atom stereocenters. The van der Waals surface area contributed by atoms with Crippen molar-refractivity contribution in [2.24, 2.45) is 0 Å². The zero-order valence-corrected chi connectivity index (χ0v) is 14.9. The van der Waals surface area contributed by atoms with Gasteiger partial charge in [0.25, 0.3) is 10.0 Å². The largest absolute Gasteiger partial charge is 0.477 e. The number of hydrogen-bond acceptors (Lipinski definition) is 6. The quantitative estimate of drug-likeness (QED) is 0.703. The lowest BCUT2D eigenvalue weighted by molar-refractivity contribution is 0.0703. The second-order valence-corrected chi connectivity index (χ2v) is 7.95. The summed E-state index contributed by atoms with van der Waals surface area (Å²) in [7, 11) is -4.02. The number of nitrogens with one attached hydrogen (secondary N) is 1. The Labute approximate surface area is 148 Å². The molecule has 3 rings (SSSR count). The third-order valence-corrected chi connectivity index (χ3v) is 6.25. The Kier molecular flexibility index (Phi) is 4.36. The third-order valence-electron chi connectivity index (χ3n) is 3.47. The van der Waals surface area contributed by atoms with Gasteiger partial charge in [-0.05, 0) is 25.5 Å². The molecule has 0 saturated heterocycles. The fourth-order valence-electron chi connectivity index (χ4n) is 2.42. The van der Waals surface area contributed by atoms with E-state index in [0.29, 0.717) is 4.88 Å². The first-order valence-corrected chi connectivity index (χ1v) is 9.48. The molecule has 0 aliphatic carbocycles. The van der Waals surface area contributed by atoms with E-state index in [4.69, 9.17) is 4.52 Å². The van der Waals surface area contributed by atoms with Crippen molar-refractivity contribution >= 4 is 33.0 Å². The van der Waals surface area contributed by atoms with Gasteiger partial charge in [-0.15, -0.1) is 11.3 Å². The molecule has 0 spiro atoms. The highest BCUT2D eigenvalue weighted by Crippen LogP contribution is 2.36. The first-order chi connectivity index (χ1) is 11.8. The molecule has 0 amide bonds. The number of nitrogens with zero attached hydrogens (tertiary/aromatic N) is 1. The van der Waals surface area contributed by atoms with Crippen molar-refractivity contribution in [1.29, 1.82) is 0 Å². The Morgan fingerprint density at radius 2 is 1.92 bits per heavy atom. The Morgan fingerprint density at radius 1 is 1.24 bits per heavy atom. The van der Waals surface area contributed by atoms with Crippen molar-refractivity contribution in [2.45, 2.75) is 18.7 Å². The molecule has 25 heavy (non-hydrogen) atoms. The minimum absolute atomic E-state index is 0.0105. The number of sulfonamides is 1. The lowest BCUT2D eigenvalue weighted by Crippen LogP contribution is -2.15. The molecule has 2 aromatic heterocycles. The predicted molar refractivity (Wildman–Crippen MR) is 93.5 cm³/mol. The maximum atomic E-state index is 12.6. The Hall–Kier alpha value is -2.65. The van der Waals surface area contributed by atoms with Gasteiger partial charge < -0.3 is 9.63 Å². The number of benzene rings is 1. The van der Waals surface area contributed by atoms with Gasteiger partial charge in [-0.25, -0.2) is 13.2 Å². The summed E-state index contributed by atoms with van der Waals surface area (Å²) in [5, 5.41) is 13.0. The molecule has 2 heterocycles. The smallest absolute Gasteiger partial charge is 0.348 e. The van der Waals surface area contributed by atoms with Gasteiger partial charge in [-0.3, -0.25) is 4.72 Å². The summed E-state index contributed by atoms with van der Waals surface area (Å²) in [6, 6.07) is 10.6. The van der Waals surface area contributed by atoms with E-state index in [0.717, 1.165) is 16.9 Å². The summed E-state index contributed by atoms with van der Waals surface area (Å²) < 4.78 is 32.5. The molecule has 0 aliphatic rings. The molecule has 130 valence electrons. The number of aromatic nitrogens is 1. The predicted octanol–water partition coefficient (Wildman–Crippen LogP) is 3.52. The minimum atomic E-state index is -4.02. The van der Waals surface area contributed by atoms with Crippen LogP contribution in [0.5, 0.6) is 0 Å². The fourth-order valence-corrected chi connectivity index (χ4v) is 4.84. The number of carbonyl (C=O) groups is 1. The van der Waals surface area contributed by atoms with Crippen LogP contribution in [-0.4, -0.2) is 24.7 Å². The number of carboxylic acids is 1. The molecule has 0 fully saturated rings. The third kappa shape index (κ3) is 3.28. The lowest BCUT2D eigenvalue weighted by Gasteiger charge is -2.06. The van der Waals surface area contributed by atoms with Crippen molar-refractivity contribution in [2.75, 3.05) is 4.72 Å². The number of carboxylic acid groups (broad SMARTS) is 1. The van der Waals surface area contributed by atoms with Gasteiger partial charge in [0.05, 0.1) is 5.69 Å². The van der Waals surface area contributed by atoms with Crippen molar-refractivity contribution in [3.63, 3.8) is 0 Å². The van der Waals surface area contributed by atoms with Crippen molar-refractivity contribution in [3.05, 3.63) is 52.7 Å². The first kappa shape index (κ1) is 17.2. The zero-order valence-electron chi connectivity index (χ0n) is 13.3. The molecule has 0 aliphatic heterocycles. The Balaban J connectivity index is 2.05. The van der Waals surface area contributed by atoms with Crippen LogP contribution in [0.15, 0.2) is 45.8 Å². The second-order valence-electron chi connectivity index (χ2n) is 5.28. The molecule has 0 atom stereocenters. The number of rotatable bonds is 5. The van der Waals surface area contributed by atoms with Crippen LogP contribution in [-0.2, 0) is 10.0 Å². The van der Waals surface area contributed by atoms with Crippen LogP contribution in [0, 0.1) is 13.8 Å². The van der Waals surface area contributed by atoms with Gasteiger partial charge in [0.2, 0.25) is 0 Å². The Bertz CT molecular complexity index is 1020. The molecule has 3 aromatic rings. The van der Waals surface area contributed by atoms with E-state index in [9.17, 15) is 18.3 Å². The van der Waals surface area contributed by atoms with Gasteiger partial charge in [-0.2, -0.15) is 0 Å². The highest BCUT2D eigenvalue weighted by atomic mass is 32.2. The normalized spacial score (nSPS) is 11.4. The molecule has 0 saturated carbocycles. The first-order valence-electron chi connectivity index (χ1n) is 7.18. The van der Waals surface area contributed by atoms with Crippen LogP contribution in [0.25, 0.3) is 10.4 Å². The average Bonchev–Trinajstić information content (AvgIpc) is 3.11. The second kappa shape index (κ2) is 6.34. The van der Waals surface area contributed by atoms with Crippen LogP contribution in [0.4, 0.5) is 5.69 Å². The fraction of sp³-hybridized carbons (Fsp3) is 0.125. The van der Waals surface area contributed by atoms with Gasteiger partial charge in [0.15, 0.2) is 10.7 Å². The summed E-state index contributed by atoms with van der Waals surface area (Å²) in [4.78, 5) is 12.0. The standard InChI is InChI=1S/C16H14N2O5S2/c1-9-15(10(2)23-17-9)25(21,22)18-12-8-13(24-14(12)16(19)20)11-6-4-3-5-7-11/h3-8,18H,1-2H3,(H,19,20). The van der Waals surface area contributed by atoms with Crippen LogP contribution >= 0.6 is 11.3 Å². The molecule has 7 nitrogen and oxygen atoms in total. The van der Waals surface area contributed by atoms with E-state index in [1.807, 2.05) is 30.3 Å². The summed E-state index contributed by atoms with van der Waals surface area (Å²) in [6.45, 7) is 2.99. The van der Waals surface area contributed by atoms with Crippen molar-refractivity contribution in [3.8, 4) is 10.4 Å². The van der Waals surface area contributed by atoms with E-state index in [1.165, 1.54) is 19.9 Å². The average molecular weight is 378 g/mol. The highest BCUT2D eigenvalue weighted by Gasteiger charge is 2.27. The van der Waals surface area contributed by atoms with E-state index in [-0.39, 0.29) is 26.9 Å². The van der Waals surface area contributed by atoms with Gasteiger partial charge in [-0.1, -0.05) is 35.5 Å². The monoisotopic (exact) mass is 378 g/mol. The molecular formula is C16H14N2O5S2. The van der Waals surface area contributed by atoms with E-state index in [2.05, 4.69) is 9.88 Å². The maximum Gasteiger partial charge on any atom is 0.348 e. The van der Waals surface area contributed by atoms with E-state index < -0.39 is 16.0 Å². The van der Waals surface area contributed by atoms with Gasteiger partial charge >= 0.3 is 5.97 Å². The number of hydrogen-bond donors (Lipinski definition) is 2. The number of thiophene rings is 1. The SMILES string of the molecule is Cc1noc(C)c1S(=O)(=O)Nc1cc(-c2ccccc2)sc1C(=O)O. The summed E-state index contributed by atoms with van der Waals surface area (Å²) in [5.74, 6) is -1.07. The van der Waals surface area contributed by atoms with Gasteiger partial charge in [0.1, 0.15) is 10.6 Å². The summed E-state index contributed by atoms with van der Waals surface area (Å²) in [5.41, 5.74) is 1.02. The summed E-state index contributed by atoms with van der Waals surface area (Å²) in [6.07, 6.45) is 0. The van der Waals surface area contributed by atoms with Crippen LogP contribution in [0.3, 0.4) is 0 Å². The van der Waals surface area contributed by atoms with Crippen molar-refractivity contribution < 1.29 is 22.8 Å². The molecule has 2 N–H and O–H groups in total. The molecule has 9 heteroatoms. The van der Waals surface area contributed by atoms with Crippen LogP contribution in [0.1, 0.15) is 21.1 Å². The maximum absolute atomic E-state index is 12.6. The zero-order chi connectivity index (χ0) is 18.2. The lowest BCUT2D eigenvalue weighted by atomic mass is 10.2. The molecule has 0 bridgehead atoms.